The Morgan fingerprint density at radius 3 is 2.04 bits per heavy atom. The fourth-order valence-corrected chi connectivity index (χ4v) is 3.15. The standard InChI is InChI=1S/C19H28Cl2O2/c1-2-3-4-5-6-7-8-9-10-11-12-23-19-16(15-22)13-17(20)14-18(19)21/h13-15H,2-12H2,1H3. The molecule has 4 heteroatoms. The molecule has 0 saturated carbocycles. The molecule has 1 aromatic carbocycles. The van der Waals surface area contributed by atoms with Crippen molar-refractivity contribution in [3.63, 3.8) is 0 Å². The van der Waals surface area contributed by atoms with Gasteiger partial charge in [-0.1, -0.05) is 87.9 Å². The van der Waals surface area contributed by atoms with Gasteiger partial charge < -0.3 is 4.74 Å². The van der Waals surface area contributed by atoms with E-state index in [2.05, 4.69) is 6.92 Å². The lowest BCUT2D eigenvalue weighted by Gasteiger charge is -2.10. The largest absolute Gasteiger partial charge is 0.491 e. The zero-order valence-electron chi connectivity index (χ0n) is 14.1. The highest BCUT2D eigenvalue weighted by Crippen LogP contribution is 2.31. The number of unbranched alkanes of at least 4 members (excludes halogenated alkanes) is 9. The summed E-state index contributed by atoms with van der Waals surface area (Å²) in [5, 5.41) is 0.843. The zero-order valence-corrected chi connectivity index (χ0v) is 15.6. The minimum Gasteiger partial charge on any atom is -0.491 e. The Morgan fingerprint density at radius 1 is 0.913 bits per heavy atom. The van der Waals surface area contributed by atoms with Gasteiger partial charge in [0.25, 0.3) is 0 Å². The maximum Gasteiger partial charge on any atom is 0.153 e. The summed E-state index contributed by atoms with van der Waals surface area (Å²) in [6.07, 6.45) is 13.5. The fraction of sp³-hybridized carbons (Fsp3) is 0.632. The SMILES string of the molecule is CCCCCCCCCCCCOc1c(Cl)cc(Cl)cc1C=O. The number of hydrogen-bond donors (Lipinski definition) is 0. The van der Waals surface area contributed by atoms with Crippen LogP contribution in [0.3, 0.4) is 0 Å². The molecule has 0 amide bonds. The van der Waals surface area contributed by atoms with Crippen molar-refractivity contribution >= 4 is 29.5 Å². The van der Waals surface area contributed by atoms with Crippen LogP contribution in [0.2, 0.25) is 10.0 Å². The molecular weight excluding hydrogens is 331 g/mol. The van der Waals surface area contributed by atoms with E-state index in [4.69, 9.17) is 27.9 Å². The lowest BCUT2D eigenvalue weighted by atomic mass is 10.1. The second-order valence-electron chi connectivity index (χ2n) is 5.95. The van der Waals surface area contributed by atoms with E-state index in [-0.39, 0.29) is 0 Å². The fourth-order valence-electron chi connectivity index (χ4n) is 2.58. The quantitative estimate of drug-likeness (QED) is 0.277. The lowest BCUT2D eigenvalue weighted by molar-refractivity contribution is 0.111. The van der Waals surface area contributed by atoms with E-state index < -0.39 is 0 Å². The monoisotopic (exact) mass is 358 g/mol. The Bertz CT molecular complexity index is 461. The highest BCUT2D eigenvalue weighted by atomic mass is 35.5. The van der Waals surface area contributed by atoms with Crippen LogP contribution in [-0.4, -0.2) is 12.9 Å². The van der Waals surface area contributed by atoms with Gasteiger partial charge in [0, 0.05) is 5.02 Å². The third-order valence-corrected chi connectivity index (χ3v) is 4.41. The average molecular weight is 359 g/mol. The summed E-state index contributed by atoms with van der Waals surface area (Å²) in [5.74, 6) is 0.446. The van der Waals surface area contributed by atoms with E-state index in [1.807, 2.05) is 0 Å². The van der Waals surface area contributed by atoms with Crippen molar-refractivity contribution in [2.45, 2.75) is 71.1 Å². The Labute approximate surface area is 150 Å². The van der Waals surface area contributed by atoms with Crippen molar-refractivity contribution in [3.05, 3.63) is 27.7 Å². The normalized spacial score (nSPS) is 10.7. The number of aldehydes is 1. The van der Waals surface area contributed by atoms with Gasteiger partial charge >= 0.3 is 0 Å². The molecule has 23 heavy (non-hydrogen) atoms. The van der Waals surface area contributed by atoms with E-state index in [1.165, 1.54) is 51.4 Å². The topological polar surface area (TPSA) is 26.3 Å². The van der Waals surface area contributed by atoms with E-state index in [9.17, 15) is 4.79 Å². The Kier molecular flexibility index (Phi) is 11.2. The summed E-state index contributed by atoms with van der Waals surface area (Å²) < 4.78 is 5.66. The highest BCUT2D eigenvalue weighted by Gasteiger charge is 2.10. The van der Waals surface area contributed by atoms with Gasteiger partial charge in [0.15, 0.2) is 6.29 Å². The van der Waals surface area contributed by atoms with Crippen molar-refractivity contribution in [1.29, 1.82) is 0 Å². The molecule has 1 rings (SSSR count). The summed E-state index contributed by atoms with van der Waals surface area (Å²) in [7, 11) is 0. The summed E-state index contributed by atoms with van der Waals surface area (Å²) in [4.78, 5) is 11.0. The van der Waals surface area contributed by atoms with Crippen molar-refractivity contribution in [2.75, 3.05) is 6.61 Å². The van der Waals surface area contributed by atoms with Crippen LogP contribution in [0.4, 0.5) is 0 Å². The Balaban J connectivity index is 2.11. The smallest absolute Gasteiger partial charge is 0.153 e. The third kappa shape index (κ3) is 8.62. The summed E-state index contributed by atoms with van der Waals surface area (Å²) >= 11 is 12.0. The van der Waals surface area contributed by atoms with Crippen LogP contribution >= 0.6 is 23.2 Å². The lowest BCUT2D eigenvalue weighted by Crippen LogP contribution is -2.01. The number of rotatable bonds is 13. The van der Waals surface area contributed by atoms with Gasteiger partial charge in [-0.05, 0) is 18.6 Å². The van der Waals surface area contributed by atoms with Gasteiger partial charge in [0.1, 0.15) is 5.75 Å². The third-order valence-electron chi connectivity index (χ3n) is 3.91. The second kappa shape index (κ2) is 12.7. The molecule has 0 atom stereocenters. The molecule has 0 heterocycles. The second-order valence-corrected chi connectivity index (χ2v) is 6.80. The Hall–Kier alpha value is -0.730. The molecule has 0 spiro atoms. The molecule has 0 unspecified atom stereocenters. The Morgan fingerprint density at radius 2 is 1.48 bits per heavy atom. The molecule has 0 fully saturated rings. The summed E-state index contributed by atoms with van der Waals surface area (Å²) in [6.45, 7) is 2.83. The van der Waals surface area contributed by atoms with Crippen molar-refractivity contribution < 1.29 is 9.53 Å². The number of carbonyl (C=O) groups is 1. The number of halogens is 2. The summed E-state index contributed by atoms with van der Waals surface area (Å²) in [6, 6.07) is 3.18. The molecule has 0 aliphatic heterocycles. The van der Waals surface area contributed by atoms with Gasteiger partial charge in [-0.3, -0.25) is 4.79 Å². The number of ether oxygens (including phenoxy) is 1. The van der Waals surface area contributed by atoms with Crippen LogP contribution in [0.5, 0.6) is 5.75 Å². The first kappa shape index (κ1) is 20.3. The molecule has 0 saturated heterocycles. The van der Waals surface area contributed by atoms with Crippen molar-refractivity contribution in [1.82, 2.24) is 0 Å². The maximum absolute atomic E-state index is 11.0. The number of benzene rings is 1. The zero-order chi connectivity index (χ0) is 16.9. The van der Waals surface area contributed by atoms with Crippen LogP contribution in [0.25, 0.3) is 0 Å². The molecule has 1 aromatic rings. The molecule has 0 bridgehead atoms. The van der Waals surface area contributed by atoms with E-state index in [1.54, 1.807) is 12.1 Å². The van der Waals surface area contributed by atoms with E-state index in [0.717, 1.165) is 19.1 Å². The van der Waals surface area contributed by atoms with Gasteiger partial charge in [-0.2, -0.15) is 0 Å². The van der Waals surface area contributed by atoms with Gasteiger partial charge in [0.05, 0.1) is 17.2 Å². The molecule has 0 aromatic heterocycles. The van der Waals surface area contributed by atoms with Crippen LogP contribution in [0.1, 0.15) is 81.5 Å². The molecule has 130 valence electrons. The minimum atomic E-state index is 0.395. The first-order valence-electron chi connectivity index (χ1n) is 8.76. The van der Waals surface area contributed by atoms with Crippen molar-refractivity contribution in [2.24, 2.45) is 0 Å². The van der Waals surface area contributed by atoms with Gasteiger partial charge in [0.2, 0.25) is 0 Å². The van der Waals surface area contributed by atoms with E-state index in [0.29, 0.717) is 28.0 Å². The van der Waals surface area contributed by atoms with Crippen LogP contribution in [-0.2, 0) is 0 Å². The van der Waals surface area contributed by atoms with Crippen LogP contribution < -0.4 is 4.74 Å². The van der Waals surface area contributed by atoms with E-state index >= 15 is 0 Å². The average Bonchev–Trinajstić information content (AvgIpc) is 2.53. The highest BCUT2D eigenvalue weighted by molar-refractivity contribution is 6.36. The molecule has 2 nitrogen and oxygen atoms in total. The number of carbonyl (C=O) groups excluding carboxylic acids is 1. The molecule has 0 aliphatic carbocycles. The molecule has 0 N–H and O–H groups in total. The maximum atomic E-state index is 11.0. The van der Waals surface area contributed by atoms with Gasteiger partial charge in [-0.25, -0.2) is 0 Å². The van der Waals surface area contributed by atoms with Crippen molar-refractivity contribution in [3.8, 4) is 5.75 Å². The first-order chi connectivity index (χ1) is 11.2. The molecule has 0 radical (unpaired) electrons. The van der Waals surface area contributed by atoms with Crippen LogP contribution in [0.15, 0.2) is 12.1 Å². The van der Waals surface area contributed by atoms with Crippen LogP contribution in [0, 0.1) is 0 Å². The summed E-state index contributed by atoms with van der Waals surface area (Å²) in [5.41, 5.74) is 0.412. The van der Waals surface area contributed by atoms with Gasteiger partial charge in [-0.15, -0.1) is 0 Å². The molecule has 0 aliphatic rings. The first-order valence-corrected chi connectivity index (χ1v) is 9.51. The predicted molar refractivity (Wildman–Crippen MR) is 99.2 cm³/mol. The predicted octanol–water partition coefficient (Wildman–Crippen LogP) is 7.11. The minimum absolute atomic E-state index is 0.395. The number of hydrogen-bond acceptors (Lipinski definition) is 2. The molecular formula is C19H28Cl2O2.